The third-order valence-electron chi connectivity index (χ3n) is 2.55. The molecule has 0 aliphatic heterocycles. The van der Waals surface area contributed by atoms with E-state index in [4.69, 9.17) is 21.6 Å². The second kappa shape index (κ2) is 5.58. The van der Waals surface area contributed by atoms with Crippen LogP contribution in [0.4, 0.5) is 13.2 Å². The van der Waals surface area contributed by atoms with Gasteiger partial charge in [-0.25, -0.2) is 9.97 Å². The van der Waals surface area contributed by atoms with Gasteiger partial charge in [-0.05, 0) is 18.2 Å². The van der Waals surface area contributed by atoms with Crippen LogP contribution >= 0.6 is 11.6 Å². The van der Waals surface area contributed by atoms with Gasteiger partial charge in [0.05, 0.1) is 24.4 Å². The van der Waals surface area contributed by atoms with E-state index >= 15 is 0 Å². The molecule has 2 aromatic rings. The second-order valence-corrected chi connectivity index (χ2v) is 4.31. The van der Waals surface area contributed by atoms with Crippen LogP contribution in [0, 0.1) is 11.3 Å². The molecule has 0 aliphatic carbocycles. The highest BCUT2D eigenvalue weighted by molar-refractivity contribution is 6.29. The summed E-state index contributed by atoms with van der Waals surface area (Å²) < 4.78 is 43.2. The molecule has 0 fully saturated rings. The highest BCUT2D eigenvalue weighted by Crippen LogP contribution is 2.33. The van der Waals surface area contributed by atoms with E-state index in [-0.39, 0.29) is 27.7 Å². The fraction of sp³-hybridized carbons (Fsp3) is 0.154. The lowest BCUT2D eigenvalue weighted by Crippen LogP contribution is -2.11. The van der Waals surface area contributed by atoms with Gasteiger partial charge in [-0.2, -0.15) is 18.4 Å². The van der Waals surface area contributed by atoms with Crippen LogP contribution in [0.5, 0.6) is 5.75 Å². The Labute approximate surface area is 122 Å². The molecule has 0 saturated carbocycles. The lowest BCUT2D eigenvalue weighted by Gasteiger charge is -2.11. The number of halogens is 4. The van der Waals surface area contributed by atoms with Crippen molar-refractivity contribution in [3.8, 4) is 23.1 Å². The quantitative estimate of drug-likeness (QED) is 0.793. The number of hydrogen-bond donors (Lipinski definition) is 0. The molecule has 1 aromatic heterocycles. The first-order valence-electron chi connectivity index (χ1n) is 5.55. The molecular weight excluding hydrogens is 307 g/mol. The Morgan fingerprint density at radius 2 is 1.95 bits per heavy atom. The maximum Gasteiger partial charge on any atom is 0.451 e. The van der Waals surface area contributed by atoms with Crippen molar-refractivity contribution < 1.29 is 17.9 Å². The number of rotatable bonds is 2. The van der Waals surface area contributed by atoms with Gasteiger partial charge >= 0.3 is 6.18 Å². The second-order valence-electron chi connectivity index (χ2n) is 3.92. The molecule has 4 nitrogen and oxygen atoms in total. The molecule has 1 heterocycles. The number of nitrogens with zero attached hydrogens (tertiary/aromatic N) is 3. The molecule has 2 rings (SSSR count). The van der Waals surface area contributed by atoms with Crippen LogP contribution in [0.1, 0.15) is 11.4 Å². The summed E-state index contributed by atoms with van der Waals surface area (Å²) in [6, 6.07) is 7.39. The minimum absolute atomic E-state index is 0.0729. The minimum atomic E-state index is -4.72. The van der Waals surface area contributed by atoms with Crippen LogP contribution in [-0.4, -0.2) is 17.1 Å². The lowest BCUT2D eigenvalue weighted by molar-refractivity contribution is -0.144. The molecule has 0 aliphatic rings. The SMILES string of the molecule is COc1ccc(C#N)cc1-c1cc(Cl)nc(C(F)(F)F)n1. The molecule has 8 heteroatoms. The molecule has 0 bridgehead atoms. The van der Waals surface area contributed by atoms with E-state index in [1.54, 1.807) is 0 Å². The summed E-state index contributed by atoms with van der Waals surface area (Å²) in [7, 11) is 1.36. The van der Waals surface area contributed by atoms with Gasteiger partial charge in [-0.1, -0.05) is 11.6 Å². The average Bonchev–Trinajstić information content (AvgIpc) is 2.45. The molecule has 0 radical (unpaired) electrons. The van der Waals surface area contributed by atoms with Crippen molar-refractivity contribution in [2.24, 2.45) is 0 Å². The molecule has 0 atom stereocenters. The number of ether oxygens (including phenoxy) is 1. The Kier molecular flexibility index (Phi) is 4.00. The summed E-state index contributed by atoms with van der Waals surface area (Å²) in [5.41, 5.74) is 0.414. The van der Waals surface area contributed by atoms with Gasteiger partial charge in [0.25, 0.3) is 0 Å². The Balaban J connectivity index is 2.67. The molecule has 1 aromatic carbocycles. The molecular formula is C13H7ClF3N3O. The standard InChI is InChI=1S/C13H7ClF3N3O/c1-21-10-3-2-7(6-18)4-8(10)9-5-11(14)20-12(19-9)13(15,16)17/h2-5H,1H3. The zero-order valence-corrected chi connectivity index (χ0v) is 11.3. The van der Waals surface area contributed by atoms with Gasteiger partial charge in [-0.15, -0.1) is 0 Å². The van der Waals surface area contributed by atoms with E-state index in [2.05, 4.69) is 9.97 Å². The molecule has 21 heavy (non-hydrogen) atoms. The van der Waals surface area contributed by atoms with E-state index in [1.807, 2.05) is 6.07 Å². The first-order valence-corrected chi connectivity index (χ1v) is 5.93. The van der Waals surface area contributed by atoms with Crippen molar-refractivity contribution in [2.45, 2.75) is 6.18 Å². The van der Waals surface area contributed by atoms with Crippen LogP contribution in [-0.2, 0) is 6.18 Å². The van der Waals surface area contributed by atoms with Gasteiger partial charge in [0, 0.05) is 11.6 Å². The fourth-order valence-electron chi connectivity index (χ4n) is 1.66. The average molecular weight is 314 g/mol. The zero-order valence-electron chi connectivity index (χ0n) is 10.6. The predicted molar refractivity (Wildman–Crippen MR) is 68.7 cm³/mol. The van der Waals surface area contributed by atoms with Crippen LogP contribution in [0.25, 0.3) is 11.3 Å². The number of hydrogen-bond acceptors (Lipinski definition) is 4. The van der Waals surface area contributed by atoms with Crippen molar-refractivity contribution in [3.05, 3.63) is 40.8 Å². The van der Waals surface area contributed by atoms with Gasteiger partial charge in [0.2, 0.25) is 5.82 Å². The van der Waals surface area contributed by atoms with E-state index in [9.17, 15) is 13.2 Å². The van der Waals surface area contributed by atoms with Gasteiger partial charge < -0.3 is 4.74 Å². The lowest BCUT2D eigenvalue weighted by atomic mass is 10.1. The summed E-state index contributed by atoms with van der Waals surface area (Å²) in [6.07, 6.45) is -4.72. The number of aromatic nitrogens is 2. The zero-order chi connectivity index (χ0) is 15.6. The third-order valence-corrected chi connectivity index (χ3v) is 2.75. The van der Waals surface area contributed by atoms with Crippen molar-refractivity contribution in [1.29, 1.82) is 5.26 Å². The molecule has 0 N–H and O–H groups in total. The van der Waals surface area contributed by atoms with Gasteiger partial charge in [0.15, 0.2) is 0 Å². The highest BCUT2D eigenvalue weighted by atomic mass is 35.5. The number of methoxy groups -OCH3 is 1. The molecule has 0 unspecified atom stereocenters. The first kappa shape index (κ1) is 15.1. The summed E-state index contributed by atoms with van der Waals surface area (Å²) in [4.78, 5) is 6.60. The van der Waals surface area contributed by atoms with E-state index < -0.39 is 12.0 Å². The number of alkyl halides is 3. The minimum Gasteiger partial charge on any atom is -0.496 e. The summed E-state index contributed by atoms with van der Waals surface area (Å²) in [5, 5.41) is 8.53. The maximum atomic E-state index is 12.7. The fourth-order valence-corrected chi connectivity index (χ4v) is 1.84. The summed E-state index contributed by atoms with van der Waals surface area (Å²) in [5.74, 6) is -1.08. The van der Waals surface area contributed by atoms with Crippen molar-refractivity contribution >= 4 is 11.6 Å². The molecule has 0 saturated heterocycles. The monoisotopic (exact) mass is 313 g/mol. The first-order chi connectivity index (χ1) is 9.85. The molecule has 108 valence electrons. The van der Waals surface area contributed by atoms with Gasteiger partial charge in [0.1, 0.15) is 10.9 Å². The van der Waals surface area contributed by atoms with Crippen LogP contribution in [0.2, 0.25) is 5.15 Å². The van der Waals surface area contributed by atoms with Crippen LogP contribution in [0.15, 0.2) is 24.3 Å². The smallest absolute Gasteiger partial charge is 0.451 e. The Morgan fingerprint density at radius 3 is 2.52 bits per heavy atom. The van der Waals surface area contributed by atoms with Crippen molar-refractivity contribution in [1.82, 2.24) is 9.97 Å². The predicted octanol–water partition coefficient (Wildman–Crippen LogP) is 3.70. The number of benzene rings is 1. The van der Waals surface area contributed by atoms with Crippen LogP contribution in [0.3, 0.4) is 0 Å². The summed E-state index contributed by atoms with van der Waals surface area (Å²) >= 11 is 5.62. The van der Waals surface area contributed by atoms with Crippen molar-refractivity contribution in [2.75, 3.05) is 7.11 Å². The third kappa shape index (κ3) is 3.23. The maximum absolute atomic E-state index is 12.7. The molecule has 0 spiro atoms. The molecule has 0 amide bonds. The van der Waals surface area contributed by atoms with E-state index in [1.165, 1.54) is 31.4 Å². The van der Waals surface area contributed by atoms with Crippen LogP contribution < -0.4 is 4.74 Å². The van der Waals surface area contributed by atoms with Crippen molar-refractivity contribution in [3.63, 3.8) is 0 Å². The largest absolute Gasteiger partial charge is 0.496 e. The number of nitriles is 1. The summed E-state index contributed by atoms with van der Waals surface area (Å²) in [6.45, 7) is 0. The van der Waals surface area contributed by atoms with Gasteiger partial charge in [-0.3, -0.25) is 0 Å². The Morgan fingerprint density at radius 1 is 1.24 bits per heavy atom. The van der Waals surface area contributed by atoms with E-state index in [0.717, 1.165) is 0 Å². The topological polar surface area (TPSA) is 58.8 Å². The van der Waals surface area contributed by atoms with E-state index in [0.29, 0.717) is 0 Å². The Bertz CT molecular complexity index is 726. The Hall–Kier alpha value is -2.33. The normalized spacial score (nSPS) is 11.0. The highest BCUT2D eigenvalue weighted by Gasteiger charge is 2.35.